The van der Waals surface area contributed by atoms with Crippen molar-refractivity contribution >= 4 is 7.82 Å². The third-order valence-corrected chi connectivity index (χ3v) is 6.84. The second kappa shape index (κ2) is 12.2. The molecule has 0 spiro atoms. The summed E-state index contributed by atoms with van der Waals surface area (Å²) in [6.07, 6.45) is -7.64. The van der Waals surface area contributed by atoms with Crippen LogP contribution in [0, 0.1) is 0 Å². The van der Waals surface area contributed by atoms with Gasteiger partial charge in [-0.15, -0.1) is 0 Å². The fourth-order valence-corrected chi connectivity index (χ4v) is 4.49. The van der Waals surface area contributed by atoms with E-state index in [1.54, 1.807) is 13.0 Å². The molecule has 0 heterocycles. The van der Waals surface area contributed by atoms with Crippen molar-refractivity contribution in [2.75, 3.05) is 0 Å². The Hall–Kier alpha value is -2.52. The van der Waals surface area contributed by atoms with Gasteiger partial charge in [0.25, 0.3) is 0 Å². The Morgan fingerprint density at radius 2 is 1.21 bits per heavy atom. The van der Waals surface area contributed by atoms with E-state index in [1.165, 1.54) is 24.3 Å². The normalized spacial score (nSPS) is 16.2. The number of rotatable bonds is 14. The zero-order valence-electron chi connectivity index (χ0n) is 21.1. The highest BCUT2D eigenvalue weighted by atomic mass is 31.2. The average Bonchev–Trinajstić information content (AvgIpc) is 2.87. The van der Waals surface area contributed by atoms with Crippen LogP contribution in [-0.2, 0) is 15.0 Å². The predicted octanol–water partition coefficient (Wildman–Crippen LogP) is 9.70. The van der Waals surface area contributed by atoms with E-state index >= 15 is 0 Å². The van der Waals surface area contributed by atoms with Gasteiger partial charge in [0.2, 0.25) is 0 Å². The molecule has 42 heavy (non-hydrogen) atoms. The summed E-state index contributed by atoms with van der Waals surface area (Å²) < 4.78 is 198. The van der Waals surface area contributed by atoms with Gasteiger partial charge in [0.1, 0.15) is 5.75 Å². The molecule has 238 valence electrons. The fraction of sp³-hybridized carbons (Fsp3) is 0.500. The van der Waals surface area contributed by atoms with Crippen molar-refractivity contribution in [3.63, 3.8) is 0 Å². The van der Waals surface area contributed by atoms with Crippen LogP contribution >= 0.6 is 7.82 Å². The first-order valence-electron chi connectivity index (χ1n) is 11.8. The van der Waals surface area contributed by atoms with Gasteiger partial charge in [-0.05, 0) is 24.1 Å². The lowest BCUT2D eigenvalue weighted by Crippen LogP contribution is -2.69. The van der Waals surface area contributed by atoms with Crippen LogP contribution in [0.5, 0.6) is 5.75 Å². The highest BCUT2D eigenvalue weighted by molar-refractivity contribution is 7.47. The van der Waals surface area contributed by atoms with Crippen LogP contribution in [0.3, 0.4) is 0 Å². The predicted molar refractivity (Wildman–Crippen MR) is 121 cm³/mol. The van der Waals surface area contributed by atoms with E-state index in [1.807, 2.05) is 0 Å². The molecule has 0 amide bonds. The summed E-state index contributed by atoms with van der Waals surface area (Å²) in [6, 6.07) is 7.91. The molecule has 0 aromatic heterocycles. The molecule has 0 saturated heterocycles. The molecular formula is C24H22F13O4P. The number of benzene rings is 2. The van der Waals surface area contributed by atoms with Crippen molar-refractivity contribution in [2.24, 2.45) is 0 Å². The van der Waals surface area contributed by atoms with Gasteiger partial charge in [0.05, 0.1) is 6.10 Å². The van der Waals surface area contributed by atoms with Crippen molar-refractivity contribution in [2.45, 2.75) is 74.5 Å². The zero-order chi connectivity index (χ0) is 32.4. The average molecular weight is 652 g/mol. The van der Waals surface area contributed by atoms with Crippen LogP contribution in [-0.4, -0.2) is 34.8 Å². The van der Waals surface area contributed by atoms with Crippen molar-refractivity contribution in [3.05, 3.63) is 65.7 Å². The number of alkyl halides is 13. The molecule has 0 aliphatic heterocycles. The minimum Gasteiger partial charge on any atom is -0.404 e. The molecule has 0 fully saturated rings. The standard InChI is InChI=1S/C24H22F13O4P/c1-2-3-5-10-18(41-42(38,39)40-17-8-6-4-7-9-17)15-11-13-16(14-12-15)19(25,26)20(27,28)21(29,30)22(31,32)23(33,34)24(35,36)37/h4,6-9,11-14,18H,2-3,5,10H2,1H3,(H,38,39). The van der Waals surface area contributed by atoms with Crippen LogP contribution in [0.2, 0.25) is 0 Å². The maximum atomic E-state index is 14.5. The summed E-state index contributed by atoms with van der Waals surface area (Å²) in [4.78, 5) is 10.1. The Balaban J connectivity index is 2.43. The Bertz CT molecular complexity index is 1220. The van der Waals surface area contributed by atoms with Crippen LogP contribution in [0.15, 0.2) is 54.6 Å². The number of phosphoric ester groups is 1. The largest absolute Gasteiger partial charge is 0.528 e. The maximum absolute atomic E-state index is 14.5. The van der Waals surface area contributed by atoms with Crippen LogP contribution in [0.1, 0.15) is 49.8 Å². The van der Waals surface area contributed by atoms with E-state index < -0.39 is 55.3 Å². The summed E-state index contributed by atoms with van der Waals surface area (Å²) in [5.74, 6) is -37.8. The molecular weight excluding hydrogens is 630 g/mol. The third-order valence-electron chi connectivity index (χ3n) is 5.87. The number of para-hydroxylation sites is 1. The molecule has 18 heteroatoms. The monoisotopic (exact) mass is 652 g/mol. The SMILES string of the molecule is CCCCCC(OP(=O)(O)Oc1ccccc1)c1ccc(C(F)(F)C(F)(F)C(F)(F)C(F)(F)C(F)(F)C(F)(F)F)cc1. The Morgan fingerprint density at radius 1 is 0.714 bits per heavy atom. The number of halogens is 13. The molecule has 0 aliphatic rings. The minimum absolute atomic E-state index is 0.0318. The first-order valence-corrected chi connectivity index (χ1v) is 13.3. The number of phosphoric acid groups is 1. The Morgan fingerprint density at radius 3 is 1.69 bits per heavy atom. The highest BCUT2D eigenvalue weighted by Crippen LogP contribution is 2.62. The molecule has 0 aliphatic carbocycles. The van der Waals surface area contributed by atoms with Crippen molar-refractivity contribution in [1.29, 1.82) is 0 Å². The lowest BCUT2D eigenvalue weighted by molar-refractivity contribution is -0.441. The van der Waals surface area contributed by atoms with Gasteiger partial charge in [-0.3, -0.25) is 9.42 Å². The molecule has 0 bridgehead atoms. The molecule has 2 aromatic rings. The van der Waals surface area contributed by atoms with Gasteiger partial charge in [0, 0.05) is 5.56 Å². The summed E-state index contributed by atoms with van der Waals surface area (Å²) in [5.41, 5.74) is -2.47. The second-order valence-corrected chi connectivity index (χ2v) is 10.3. The van der Waals surface area contributed by atoms with Gasteiger partial charge in [-0.1, -0.05) is 68.7 Å². The number of unbranched alkanes of at least 4 members (excludes halogenated alkanes) is 2. The van der Waals surface area contributed by atoms with E-state index in [-0.39, 0.29) is 36.3 Å². The fourth-order valence-electron chi connectivity index (χ4n) is 3.51. The van der Waals surface area contributed by atoms with Gasteiger partial charge in [-0.25, -0.2) is 4.57 Å². The van der Waals surface area contributed by atoms with Crippen LogP contribution in [0.4, 0.5) is 57.1 Å². The Kier molecular flexibility index (Phi) is 10.4. The molecule has 1 N–H and O–H groups in total. The maximum Gasteiger partial charge on any atom is 0.528 e. The molecule has 2 unspecified atom stereocenters. The van der Waals surface area contributed by atoms with Crippen LogP contribution in [0.25, 0.3) is 0 Å². The zero-order valence-corrected chi connectivity index (χ0v) is 22.0. The van der Waals surface area contributed by atoms with Crippen LogP contribution < -0.4 is 4.52 Å². The van der Waals surface area contributed by atoms with E-state index in [0.717, 1.165) is 0 Å². The topological polar surface area (TPSA) is 55.8 Å². The van der Waals surface area contributed by atoms with Gasteiger partial charge in [0.15, 0.2) is 0 Å². The third kappa shape index (κ3) is 6.83. The van der Waals surface area contributed by atoms with E-state index in [2.05, 4.69) is 0 Å². The van der Waals surface area contributed by atoms with E-state index in [0.29, 0.717) is 25.0 Å². The van der Waals surface area contributed by atoms with Crippen molar-refractivity contribution in [3.8, 4) is 5.75 Å². The molecule has 2 aromatic carbocycles. The molecule has 0 saturated carbocycles. The summed E-state index contributed by atoms with van der Waals surface area (Å²) in [7, 11) is -4.94. The minimum atomic E-state index is -8.01. The van der Waals surface area contributed by atoms with E-state index in [4.69, 9.17) is 9.05 Å². The van der Waals surface area contributed by atoms with Gasteiger partial charge in [-0.2, -0.15) is 57.1 Å². The highest BCUT2D eigenvalue weighted by Gasteiger charge is 2.90. The smallest absolute Gasteiger partial charge is 0.404 e. The second-order valence-electron chi connectivity index (χ2n) is 8.95. The first-order chi connectivity index (χ1) is 19.0. The number of hydrogen-bond donors (Lipinski definition) is 1. The van der Waals surface area contributed by atoms with Gasteiger partial charge < -0.3 is 4.52 Å². The summed E-state index contributed by atoms with van der Waals surface area (Å²) >= 11 is 0. The van der Waals surface area contributed by atoms with Crippen molar-refractivity contribution < 1.29 is 75.6 Å². The van der Waals surface area contributed by atoms with Gasteiger partial charge >= 0.3 is 43.6 Å². The van der Waals surface area contributed by atoms with E-state index in [9.17, 15) is 66.5 Å². The van der Waals surface area contributed by atoms with Crippen molar-refractivity contribution in [1.82, 2.24) is 0 Å². The summed E-state index contributed by atoms with van der Waals surface area (Å²) in [6.45, 7) is 1.77. The molecule has 2 atom stereocenters. The molecule has 0 radical (unpaired) electrons. The summed E-state index contributed by atoms with van der Waals surface area (Å²) in [5, 5.41) is 0. The molecule has 4 nitrogen and oxygen atoms in total. The quantitative estimate of drug-likeness (QED) is 0.126. The number of hydrogen-bond acceptors (Lipinski definition) is 3. The lowest BCUT2D eigenvalue weighted by atomic mass is 9.90. The Labute approximate surface area is 230 Å². The molecule has 2 rings (SSSR count). The first kappa shape index (κ1) is 35.7. The lowest BCUT2D eigenvalue weighted by Gasteiger charge is -2.39.